The lowest BCUT2D eigenvalue weighted by atomic mass is 10.0. The fourth-order valence-electron chi connectivity index (χ4n) is 6.55. The molecule has 0 aromatic heterocycles. The summed E-state index contributed by atoms with van der Waals surface area (Å²) in [6, 6.07) is 0. The molecule has 1 atom stereocenters. The fourth-order valence-corrected chi connectivity index (χ4v) is 6.55. The third-order valence-corrected chi connectivity index (χ3v) is 10.1. The first kappa shape index (κ1) is 53.4. The molecular formula is C50H88O6. The topological polar surface area (TPSA) is 78.9 Å². The summed E-state index contributed by atoms with van der Waals surface area (Å²) in [5.41, 5.74) is 0. The second kappa shape index (κ2) is 45.1. The number of carbonyl (C=O) groups excluding carboxylic acids is 3. The van der Waals surface area contributed by atoms with Crippen LogP contribution >= 0.6 is 0 Å². The van der Waals surface area contributed by atoms with Crippen LogP contribution in [0.5, 0.6) is 0 Å². The van der Waals surface area contributed by atoms with Crippen LogP contribution in [0.3, 0.4) is 0 Å². The maximum atomic E-state index is 12.7. The number of rotatable bonds is 42. The number of allylic oxidation sites excluding steroid dienone is 8. The van der Waals surface area contributed by atoms with Gasteiger partial charge in [-0.2, -0.15) is 0 Å². The highest BCUT2D eigenvalue weighted by atomic mass is 16.6. The lowest BCUT2D eigenvalue weighted by Gasteiger charge is -2.18. The quantitative estimate of drug-likeness (QED) is 0.0265. The van der Waals surface area contributed by atoms with Gasteiger partial charge in [0.25, 0.3) is 0 Å². The average Bonchev–Trinajstić information content (AvgIpc) is 3.19. The second-order valence-electron chi connectivity index (χ2n) is 15.6. The van der Waals surface area contributed by atoms with E-state index in [1.165, 1.54) is 109 Å². The van der Waals surface area contributed by atoms with Gasteiger partial charge in [-0.1, -0.05) is 204 Å². The molecule has 0 rings (SSSR count). The van der Waals surface area contributed by atoms with E-state index < -0.39 is 6.10 Å². The van der Waals surface area contributed by atoms with Gasteiger partial charge in [-0.25, -0.2) is 0 Å². The summed E-state index contributed by atoms with van der Waals surface area (Å²) in [4.78, 5) is 37.8. The van der Waals surface area contributed by atoms with E-state index in [0.29, 0.717) is 19.3 Å². The molecule has 0 fully saturated rings. The van der Waals surface area contributed by atoms with Crippen LogP contribution in [0.2, 0.25) is 0 Å². The Kier molecular flexibility index (Phi) is 43.0. The Balaban J connectivity index is 4.42. The van der Waals surface area contributed by atoms with Crippen molar-refractivity contribution in [2.75, 3.05) is 13.2 Å². The summed E-state index contributed by atoms with van der Waals surface area (Å²) >= 11 is 0. The molecule has 0 spiro atoms. The smallest absolute Gasteiger partial charge is 0.306 e. The van der Waals surface area contributed by atoms with Crippen molar-refractivity contribution in [2.24, 2.45) is 0 Å². The van der Waals surface area contributed by atoms with E-state index in [0.717, 1.165) is 83.5 Å². The van der Waals surface area contributed by atoms with Gasteiger partial charge in [0.05, 0.1) is 0 Å². The molecule has 0 amide bonds. The van der Waals surface area contributed by atoms with Crippen molar-refractivity contribution in [3.63, 3.8) is 0 Å². The first-order valence-electron chi connectivity index (χ1n) is 23.6. The molecule has 6 nitrogen and oxygen atoms in total. The van der Waals surface area contributed by atoms with Crippen LogP contribution in [0.1, 0.15) is 233 Å². The second-order valence-corrected chi connectivity index (χ2v) is 15.6. The van der Waals surface area contributed by atoms with Gasteiger partial charge in [-0.15, -0.1) is 0 Å². The molecule has 56 heavy (non-hydrogen) atoms. The molecule has 0 N–H and O–H groups in total. The number of carbonyl (C=O) groups is 3. The number of ether oxygens (including phenoxy) is 3. The van der Waals surface area contributed by atoms with E-state index in [4.69, 9.17) is 14.2 Å². The molecule has 0 saturated carbocycles. The molecule has 0 bridgehead atoms. The summed E-state index contributed by atoms with van der Waals surface area (Å²) in [6.45, 7) is 6.48. The highest BCUT2D eigenvalue weighted by molar-refractivity contribution is 5.71. The van der Waals surface area contributed by atoms with Crippen LogP contribution < -0.4 is 0 Å². The van der Waals surface area contributed by atoms with E-state index in [-0.39, 0.29) is 31.1 Å². The molecule has 1 unspecified atom stereocenters. The van der Waals surface area contributed by atoms with Gasteiger partial charge in [-0.3, -0.25) is 14.4 Å². The van der Waals surface area contributed by atoms with Crippen LogP contribution in [-0.4, -0.2) is 37.2 Å². The first-order valence-corrected chi connectivity index (χ1v) is 23.6. The normalized spacial score (nSPS) is 12.4. The maximum absolute atomic E-state index is 12.7. The molecule has 0 saturated heterocycles. The third kappa shape index (κ3) is 42.5. The Labute approximate surface area is 346 Å². The van der Waals surface area contributed by atoms with Gasteiger partial charge >= 0.3 is 17.9 Å². The Morgan fingerprint density at radius 1 is 0.375 bits per heavy atom. The summed E-state index contributed by atoms with van der Waals surface area (Å²) in [6.07, 6.45) is 52.3. The SMILES string of the molecule is CC/C=C\C/C=C\C/C=C\C/C=C\CCCCC(=O)OCC(COC(=O)CCCCCCCCCCCCC)OC(=O)CCCCCCCCCCCCCC. The summed E-state index contributed by atoms with van der Waals surface area (Å²) in [5.74, 6) is -0.924. The molecule has 0 aliphatic rings. The van der Waals surface area contributed by atoms with Crippen molar-refractivity contribution >= 4 is 17.9 Å². The van der Waals surface area contributed by atoms with E-state index in [1.807, 2.05) is 0 Å². The lowest BCUT2D eigenvalue weighted by Crippen LogP contribution is -2.30. The Hall–Kier alpha value is -2.63. The number of esters is 3. The van der Waals surface area contributed by atoms with E-state index in [2.05, 4.69) is 69.4 Å². The molecule has 0 radical (unpaired) electrons. The van der Waals surface area contributed by atoms with E-state index >= 15 is 0 Å². The van der Waals surface area contributed by atoms with Crippen LogP contribution in [0.15, 0.2) is 48.6 Å². The first-order chi connectivity index (χ1) is 27.5. The summed E-state index contributed by atoms with van der Waals surface area (Å²) < 4.78 is 16.7. The Morgan fingerprint density at radius 2 is 0.696 bits per heavy atom. The predicted octanol–water partition coefficient (Wildman–Crippen LogP) is 15.1. The zero-order valence-corrected chi connectivity index (χ0v) is 36.9. The van der Waals surface area contributed by atoms with Crippen molar-refractivity contribution in [3.8, 4) is 0 Å². The van der Waals surface area contributed by atoms with Crippen molar-refractivity contribution in [1.29, 1.82) is 0 Å². The molecular weight excluding hydrogens is 697 g/mol. The minimum absolute atomic E-state index is 0.0832. The minimum Gasteiger partial charge on any atom is -0.462 e. The van der Waals surface area contributed by atoms with Crippen LogP contribution in [0, 0.1) is 0 Å². The van der Waals surface area contributed by atoms with E-state index in [9.17, 15) is 14.4 Å². The monoisotopic (exact) mass is 785 g/mol. The molecule has 6 heteroatoms. The van der Waals surface area contributed by atoms with Gasteiger partial charge in [0.1, 0.15) is 13.2 Å². The highest BCUT2D eigenvalue weighted by Crippen LogP contribution is 2.15. The minimum atomic E-state index is -0.783. The van der Waals surface area contributed by atoms with Gasteiger partial charge in [0.15, 0.2) is 6.10 Å². The highest BCUT2D eigenvalue weighted by Gasteiger charge is 2.19. The zero-order chi connectivity index (χ0) is 40.8. The standard InChI is InChI=1S/C50H88O6/c1-4-7-10-13-16-19-22-24-25-26-29-31-34-37-40-43-49(52)55-46-47(45-54-48(51)42-39-36-33-30-27-21-18-15-12-9-6-3)56-50(53)44-41-38-35-32-28-23-20-17-14-11-8-5-2/h7,10,16,19,24-25,29,31,47H,4-6,8-9,11-15,17-18,20-23,26-28,30,32-46H2,1-3H3/b10-7-,19-16-,25-24-,31-29-. The van der Waals surface area contributed by atoms with Crippen molar-refractivity contribution in [1.82, 2.24) is 0 Å². The Bertz CT molecular complexity index is 996. The van der Waals surface area contributed by atoms with Crippen LogP contribution in [0.4, 0.5) is 0 Å². The number of hydrogen-bond acceptors (Lipinski definition) is 6. The molecule has 324 valence electrons. The largest absolute Gasteiger partial charge is 0.462 e. The number of unbranched alkanes of at least 4 members (excludes halogenated alkanes) is 23. The van der Waals surface area contributed by atoms with Gasteiger partial charge in [0, 0.05) is 19.3 Å². The van der Waals surface area contributed by atoms with Gasteiger partial charge in [0.2, 0.25) is 0 Å². The predicted molar refractivity (Wildman–Crippen MR) is 238 cm³/mol. The Morgan fingerprint density at radius 3 is 1.09 bits per heavy atom. The lowest BCUT2D eigenvalue weighted by molar-refractivity contribution is -0.167. The third-order valence-electron chi connectivity index (χ3n) is 10.1. The molecule has 0 aliphatic carbocycles. The molecule has 0 heterocycles. The molecule has 0 aliphatic heterocycles. The van der Waals surface area contributed by atoms with Crippen molar-refractivity contribution in [2.45, 2.75) is 239 Å². The fraction of sp³-hybridized carbons (Fsp3) is 0.780. The molecule has 0 aromatic carbocycles. The molecule has 0 aromatic rings. The van der Waals surface area contributed by atoms with Crippen molar-refractivity contribution < 1.29 is 28.6 Å². The van der Waals surface area contributed by atoms with Crippen LogP contribution in [0.25, 0.3) is 0 Å². The summed E-state index contributed by atoms with van der Waals surface area (Å²) in [5, 5.41) is 0. The zero-order valence-electron chi connectivity index (χ0n) is 36.9. The maximum Gasteiger partial charge on any atom is 0.306 e. The van der Waals surface area contributed by atoms with Crippen LogP contribution in [-0.2, 0) is 28.6 Å². The summed E-state index contributed by atoms with van der Waals surface area (Å²) in [7, 11) is 0. The van der Waals surface area contributed by atoms with Crippen molar-refractivity contribution in [3.05, 3.63) is 48.6 Å². The van der Waals surface area contributed by atoms with Gasteiger partial charge in [-0.05, 0) is 57.8 Å². The average molecular weight is 785 g/mol. The van der Waals surface area contributed by atoms with E-state index in [1.54, 1.807) is 0 Å². The van der Waals surface area contributed by atoms with Gasteiger partial charge < -0.3 is 14.2 Å². The number of hydrogen-bond donors (Lipinski definition) is 0.